The Kier molecular flexibility index (Phi) is 4.31. The van der Waals surface area contributed by atoms with Crippen molar-refractivity contribution in [2.24, 2.45) is 5.73 Å². The lowest BCUT2D eigenvalue weighted by atomic mass is 9.98. The first-order valence-corrected chi connectivity index (χ1v) is 5.87. The summed E-state index contributed by atoms with van der Waals surface area (Å²) in [5.74, 6) is -0.0515. The van der Waals surface area contributed by atoms with Crippen LogP contribution in [0.2, 0.25) is 0 Å². The minimum Gasteiger partial charge on any atom is -0.386 e. The second-order valence-corrected chi connectivity index (χ2v) is 4.55. The van der Waals surface area contributed by atoms with Gasteiger partial charge in [-0.25, -0.2) is 4.79 Å². The Morgan fingerprint density at radius 2 is 2.17 bits per heavy atom. The van der Waals surface area contributed by atoms with Crippen molar-refractivity contribution in [3.05, 3.63) is 29.8 Å². The molecule has 0 aliphatic heterocycles. The number of hydrogen-bond donors (Lipinski definition) is 4. The molecule has 18 heavy (non-hydrogen) atoms. The van der Waals surface area contributed by atoms with Gasteiger partial charge < -0.3 is 16.4 Å². The minimum atomic E-state index is -0.812. The molecule has 5 heteroatoms. The summed E-state index contributed by atoms with van der Waals surface area (Å²) in [6.07, 6.45) is 0.559. The van der Waals surface area contributed by atoms with Crippen LogP contribution in [0.15, 0.2) is 24.3 Å². The molecular weight excluding hydrogens is 228 g/mol. The van der Waals surface area contributed by atoms with Gasteiger partial charge in [-0.2, -0.15) is 0 Å². The molecule has 1 aromatic rings. The number of urea groups is 1. The number of rotatable bonds is 4. The zero-order valence-corrected chi connectivity index (χ0v) is 11.0. The quantitative estimate of drug-likeness (QED) is 0.486. The molecule has 0 spiro atoms. The molecule has 5 nitrogen and oxygen atoms in total. The molecule has 2 amide bonds. The molecule has 1 aromatic carbocycles. The number of carbonyl (C=O) groups excluding carboxylic acids is 1. The van der Waals surface area contributed by atoms with Crippen LogP contribution in [-0.2, 0) is 0 Å². The Balaban J connectivity index is 2.70. The SMILES string of the molecule is CCC(C)(NC(=O)Nc1cccc(C)c1)C(=N)N. The lowest BCUT2D eigenvalue weighted by Gasteiger charge is -2.28. The van der Waals surface area contributed by atoms with E-state index in [2.05, 4.69) is 10.6 Å². The van der Waals surface area contributed by atoms with Gasteiger partial charge in [0.2, 0.25) is 0 Å². The molecule has 0 aromatic heterocycles. The molecule has 1 unspecified atom stereocenters. The van der Waals surface area contributed by atoms with E-state index >= 15 is 0 Å². The standard InChI is InChI=1S/C13H20N4O/c1-4-13(3,11(14)15)17-12(18)16-10-7-5-6-9(2)8-10/h5-8H,4H2,1-3H3,(H3,14,15)(H2,16,17,18). The number of aryl methyl sites for hydroxylation is 1. The van der Waals surface area contributed by atoms with E-state index in [1.54, 1.807) is 6.92 Å². The van der Waals surface area contributed by atoms with Crippen molar-refractivity contribution in [1.29, 1.82) is 5.41 Å². The highest BCUT2D eigenvalue weighted by atomic mass is 16.2. The summed E-state index contributed by atoms with van der Waals surface area (Å²) in [5, 5.41) is 12.9. The third-order valence-electron chi connectivity index (χ3n) is 2.97. The fourth-order valence-corrected chi connectivity index (χ4v) is 1.48. The summed E-state index contributed by atoms with van der Waals surface area (Å²) in [6.45, 7) is 5.55. The lowest BCUT2D eigenvalue weighted by molar-refractivity contribution is 0.245. The van der Waals surface area contributed by atoms with E-state index in [4.69, 9.17) is 11.1 Å². The predicted octanol–water partition coefficient (Wildman–Crippen LogP) is 2.22. The summed E-state index contributed by atoms with van der Waals surface area (Å²) < 4.78 is 0. The Morgan fingerprint density at radius 3 is 2.67 bits per heavy atom. The Hall–Kier alpha value is -2.04. The van der Waals surface area contributed by atoms with Crippen molar-refractivity contribution in [3.63, 3.8) is 0 Å². The molecule has 1 atom stereocenters. The monoisotopic (exact) mass is 248 g/mol. The van der Waals surface area contributed by atoms with Crippen LogP contribution in [0.5, 0.6) is 0 Å². The van der Waals surface area contributed by atoms with Gasteiger partial charge in [-0.05, 0) is 38.0 Å². The van der Waals surface area contributed by atoms with Crippen molar-refractivity contribution in [1.82, 2.24) is 5.32 Å². The van der Waals surface area contributed by atoms with Crippen LogP contribution in [0.4, 0.5) is 10.5 Å². The third kappa shape index (κ3) is 3.48. The molecule has 98 valence electrons. The van der Waals surface area contributed by atoms with Crippen LogP contribution in [0.25, 0.3) is 0 Å². The highest BCUT2D eigenvalue weighted by Crippen LogP contribution is 2.12. The molecule has 0 radical (unpaired) electrons. The van der Waals surface area contributed by atoms with Gasteiger partial charge in [0, 0.05) is 5.69 Å². The number of hydrogen-bond acceptors (Lipinski definition) is 2. The van der Waals surface area contributed by atoms with Crippen molar-refractivity contribution >= 4 is 17.6 Å². The largest absolute Gasteiger partial charge is 0.386 e. The van der Waals surface area contributed by atoms with Crippen LogP contribution in [-0.4, -0.2) is 17.4 Å². The summed E-state index contributed by atoms with van der Waals surface area (Å²) >= 11 is 0. The highest BCUT2D eigenvalue weighted by molar-refractivity contribution is 5.96. The molecule has 5 N–H and O–H groups in total. The number of amidine groups is 1. The van der Waals surface area contributed by atoms with Crippen molar-refractivity contribution in [2.45, 2.75) is 32.7 Å². The zero-order valence-electron chi connectivity index (χ0n) is 11.0. The fourth-order valence-electron chi connectivity index (χ4n) is 1.48. The van der Waals surface area contributed by atoms with Gasteiger partial charge in [0.15, 0.2) is 0 Å². The minimum absolute atomic E-state index is 0.0515. The number of benzene rings is 1. The molecule has 0 aliphatic carbocycles. The maximum atomic E-state index is 11.8. The van der Waals surface area contributed by atoms with Crippen LogP contribution >= 0.6 is 0 Å². The van der Waals surface area contributed by atoms with E-state index in [1.165, 1.54) is 0 Å². The molecule has 0 heterocycles. The van der Waals surface area contributed by atoms with Crippen molar-refractivity contribution in [3.8, 4) is 0 Å². The smallest absolute Gasteiger partial charge is 0.320 e. The molecular formula is C13H20N4O. The van der Waals surface area contributed by atoms with Gasteiger partial charge in [0.05, 0.1) is 5.54 Å². The van der Waals surface area contributed by atoms with E-state index in [0.717, 1.165) is 11.3 Å². The van der Waals surface area contributed by atoms with Crippen LogP contribution in [0.3, 0.4) is 0 Å². The molecule has 0 saturated heterocycles. The van der Waals surface area contributed by atoms with E-state index < -0.39 is 5.54 Å². The average Bonchev–Trinajstić information content (AvgIpc) is 2.28. The number of carbonyl (C=O) groups is 1. The molecule has 0 fully saturated rings. The molecule has 0 bridgehead atoms. The Morgan fingerprint density at radius 1 is 1.50 bits per heavy atom. The molecule has 0 saturated carbocycles. The molecule has 0 aliphatic rings. The summed E-state index contributed by atoms with van der Waals surface area (Å²) in [7, 11) is 0. The number of amides is 2. The normalized spacial score (nSPS) is 13.5. The van der Waals surface area contributed by atoms with Crippen molar-refractivity contribution in [2.75, 3.05) is 5.32 Å². The first-order valence-electron chi connectivity index (χ1n) is 5.87. The maximum absolute atomic E-state index is 11.8. The summed E-state index contributed by atoms with van der Waals surface area (Å²) in [5.41, 5.74) is 6.46. The summed E-state index contributed by atoms with van der Waals surface area (Å²) in [6, 6.07) is 7.14. The van der Waals surface area contributed by atoms with Gasteiger partial charge >= 0.3 is 6.03 Å². The van der Waals surface area contributed by atoms with Gasteiger partial charge in [0.1, 0.15) is 5.84 Å². The Bertz CT molecular complexity index is 458. The van der Waals surface area contributed by atoms with Gasteiger partial charge in [-0.3, -0.25) is 5.41 Å². The lowest BCUT2D eigenvalue weighted by Crippen LogP contribution is -2.55. The Labute approximate surface area is 107 Å². The number of anilines is 1. The maximum Gasteiger partial charge on any atom is 0.320 e. The van der Waals surface area contributed by atoms with E-state index in [-0.39, 0.29) is 11.9 Å². The van der Waals surface area contributed by atoms with Crippen molar-refractivity contribution < 1.29 is 4.79 Å². The van der Waals surface area contributed by atoms with Gasteiger partial charge in [-0.1, -0.05) is 19.1 Å². The first kappa shape index (κ1) is 14.0. The highest BCUT2D eigenvalue weighted by Gasteiger charge is 2.27. The third-order valence-corrected chi connectivity index (χ3v) is 2.97. The second-order valence-electron chi connectivity index (χ2n) is 4.55. The van der Waals surface area contributed by atoms with E-state index in [9.17, 15) is 4.79 Å². The second kappa shape index (κ2) is 5.53. The number of nitrogens with two attached hydrogens (primary N) is 1. The van der Waals surface area contributed by atoms with E-state index in [1.807, 2.05) is 38.1 Å². The predicted molar refractivity (Wildman–Crippen MR) is 73.9 cm³/mol. The van der Waals surface area contributed by atoms with Crippen LogP contribution < -0.4 is 16.4 Å². The van der Waals surface area contributed by atoms with E-state index in [0.29, 0.717) is 6.42 Å². The van der Waals surface area contributed by atoms with Gasteiger partial charge in [0.25, 0.3) is 0 Å². The van der Waals surface area contributed by atoms with Crippen LogP contribution in [0.1, 0.15) is 25.8 Å². The summed E-state index contributed by atoms with van der Waals surface area (Å²) in [4.78, 5) is 11.8. The molecule has 1 rings (SSSR count). The average molecular weight is 248 g/mol. The topological polar surface area (TPSA) is 91.0 Å². The number of nitrogens with one attached hydrogen (secondary N) is 3. The fraction of sp³-hybridized carbons (Fsp3) is 0.385. The van der Waals surface area contributed by atoms with Gasteiger partial charge in [-0.15, -0.1) is 0 Å². The first-order chi connectivity index (χ1) is 8.37. The zero-order chi connectivity index (χ0) is 13.8. The van der Waals surface area contributed by atoms with Crippen LogP contribution in [0, 0.1) is 12.3 Å².